The van der Waals surface area contributed by atoms with E-state index < -0.39 is 10.0 Å². The fraction of sp³-hybridized carbons (Fsp3) is 0.611. The number of aryl methyl sites for hydroxylation is 1. The average Bonchev–Trinajstić information content (AvgIpc) is 2.60. The number of sulfonamides is 1. The van der Waals surface area contributed by atoms with E-state index in [1.54, 1.807) is 10.4 Å². The van der Waals surface area contributed by atoms with Crippen molar-refractivity contribution in [2.45, 2.75) is 44.6 Å². The highest BCUT2D eigenvalue weighted by atomic mass is 32.2. The van der Waals surface area contributed by atoms with Crippen molar-refractivity contribution in [2.75, 3.05) is 26.0 Å². The Bertz CT molecular complexity index is 733. The number of carbonyl (C=O) groups excluding carboxylic acids is 1. The van der Waals surface area contributed by atoms with E-state index in [1.807, 2.05) is 12.1 Å². The molecule has 2 aliphatic rings. The largest absolute Gasteiger partial charge is 0.493 e. The molecule has 7 heteroatoms. The summed E-state index contributed by atoms with van der Waals surface area (Å²) in [6.07, 6.45) is 6.62. The lowest BCUT2D eigenvalue weighted by Crippen LogP contribution is -2.44. The Morgan fingerprint density at radius 2 is 2.16 bits per heavy atom. The molecule has 1 fully saturated rings. The number of benzene rings is 1. The van der Waals surface area contributed by atoms with Crippen molar-refractivity contribution in [1.82, 2.24) is 9.62 Å². The van der Waals surface area contributed by atoms with Crippen LogP contribution in [0.15, 0.2) is 18.2 Å². The van der Waals surface area contributed by atoms with E-state index in [0.717, 1.165) is 50.0 Å². The molecule has 1 saturated heterocycles. The molecule has 2 heterocycles. The number of amides is 1. The first-order chi connectivity index (χ1) is 11.9. The van der Waals surface area contributed by atoms with Gasteiger partial charge in [-0.1, -0.05) is 6.42 Å². The maximum Gasteiger partial charge on any atom is 0.251 e. The third kappa shape index (κ3) is 4.52. The van der Waals surface area contributed by atoms with E-state index >= 15 is 0 Å². The third-order valence-corrected chi connectivity index (χ3v) is 6.27. The predicted octanol–water partition coefficient (Wildman–Crippen LogP) is 1.95. The van der Waals surface area contributed by atoms with Crippen LogP contribution in [0, 0.1) is 0 Å². The molecule has 1 atom stereocenters. The third-order valence-electron chi connectivity index (χ3n) is 4.93. The van der Waals surface area contributed by atoms with Crippen LogP contribution in [0.1, 0.15) is 48.0 Å². The summed E-state index contributed by atoms with van der Waals surface area (Å²) in [7, 11) is -3.18. The molecular weight excluding hydrogens is 340 g/mol. The molecule has 1 aromatic rings. The number of hydrogen-bond acceptors (Lipinski definition) is 4. The van der Waals surface area contributed by atoms with E-state index in [0.29, 0.717) is 25.1 Å². The van der Waals surface area contributed by atoms with E-state index in [4.69, 9.17) is 4.74 Å². The second kappa shape index (κ2) is 7.74. The van der Waals surface area contributed by atoms with Crippen LogP contribution in [0.4, 0.5) is 0 Å². The lowest BCUT2D eigenvalue weighted by atomic mass is 10.0. The maximum atomic E-state index is 12.4. The summed E-state index contributed by atoms with van der Waals surface area (Å²) in [5.74, 6) is 0.754. The fourth-order valence-electron chi connectivity index (χ4n) is 3.66. The second-order valence-electron chi connectivity index (χ2n) is 6.84. The number of ether oxygens (including phenoxy) is 1. The van der Waals surface area contributed by atoms with Gasteiger partial charge in [0.05, 0.1) is 12.9 Å². The number of fused-ring (bicyclic) bond motifs is 1. The molecule has 0 bridgehead atoms. The van der Waals surface area contributed by atoms with Crippen molar-refractivity contribution in [3.05, 3.63) is 29.3 Å². The van der Waals surface area contributed by atoms with Gasteiger partial charge in [0.2, 0.25) is 10.0 Å². The molecule has 1 aromatic carbocycles. The lowest BCUT2D eigenvalue weighted by molar-refractivity contribution is 0.0949. The van der Waals surface area contributed by atoms with Crippen LogP contribution in [-0.4, -0.2) is 50.6 Å². The van der Waals surface area contributed by atoms with Crippen molar-refractivity contribution >= 4 is 15.9 Å². The molecule has 1 amide bonds. The SMILES string of the molecule is CS(=O)(=O)N1CCCC[C@H]1CCNC(=O)c1ccc2c(c1)CCCO2. The number of nitrogens with zero attached hydrogens (tertiary/aromatic N) is 1. The zero-order valence-corrected chi connectivity index (χ0v) is 15.5. The van der Waals surface area contributed by atoms with Crippen molar-refractivity contribution in [2.24, 2.45) is 0 Å². The topological polar surface area (TPSA) is 75.7 Å². The van der Waals surface area contributed by atoms with E-state index in [-0.39, 0.29) is 11.9 Å². The van der Waals surface area contributed by atoms with Crippen LogP contribution in [0.25, 0.3) is 0 Å². The molecule has 6 nitrogen and oxygen atoms in total. The van der Waals surface area contributed by atoms with Crippen molar-refractivity contribution in [1.29, 1.82) is 0 Å². The van der Waals surface area contributed by atoms with Gasteiger partial charge in [-0.2, -0.15) is 4.31 Å². The van der Waals surface area contributed by atoms with Gasteiger partial charge in [-0.3, -0.25) is 4.79 Å². The number of carbonyl (C=O) groups is 1. The van der Waals surface area contributed by atoms with E-state index in [9.17, 15) is 13.2 Å². The van der Waals surface area contributed by atoms with Gasteiger partial charge in [-0.15, -0.1) is 0 Å². The summed E-state index contributed by atoms with van der Waals surface area (Å²) in [6, 6.07) is 5.52. The molecule has 25 heavy (non-hydrogen) atoms. The minimum atomic E-state index is -3.18. The van der Waals surface area contributed by atoms with Gasteiger partial charge < -0.3 is 10.1 Å². The van der Waals surface area contributed by atoms with E-state index in [2.05, 4.69) is 5.32 Å². The first-order valence-corrected chi connectivity index (χ1v) is 10.8. The Morgan fingerprint density at radius 3 is 2.96 bits per heavy atom. The van der Waals surface area contributed by atoms with Crippen molar-refractivity contribution in [3.8, 4) is 5.75 Å². The highest BCUT2D eigenvalue weighted by Gasteiger charge is 2.28. The highest BCUT2D eigenvalue weighted by Crippen LogP contribution is 2.25. The number of hydrogen-bond donors (Lipinski definition) is 1. The van der Waals surface area contributed by atoms with Gasteiger partial charge >= 0.3 is 0 Å². The Hall–Kier alpha value is -1.60. The maximum absolute atomic E-state index is 12.4. The molecule has 0 aromatic heterocycles. The summed E-state index contributed by atoms with van der Waals surface area (Å²) in [5, 5.41) is 2.92. The molecule has 0 spiro atoms. The molecule has 138 valence electrons. The van der Waals surface area contributed by atoms with Gasteiger partial charge in [0.25, 0.3) is 5.91 Å². The summed E-state index contributed by atoms with van der Waals surface area (Å²) >= 11 is 0. The molecule has 1 N–H and O–H groups in total. The number of nitrogens with one attached hydrogen (secondary N) is 1. The molecular formula is C18H26N2O4S. The van der Waals surface area contributed by atoms with Gasteiger partial charge in [-0.05, 0) is 55.9 Å². The average molecular weight is 366 g/mol. The lowest BCUT2D eigenvalue weighted by Gasteiger charge is -2.33. The molecule has 0 saturated carbocycles. The first-order valence-electron chi connectivity index (χ1n) is 8.96. The summed E-state index contributed by atoms with van der Waals surface area (Å²) in [4.78, 5) is 12.4. The summed E-state index contributed by atoms with van der Waals surface area (Å²) in [5.41, 5.74) is 1.71. The minimum absolute atomic E-state index is 0.0130. The van der Waals surface area contributed by atoms with Crippen LogP contribution in [0.2, 0.25) is 0 Å². The van der Waals surface area contributed by atoms with Crippen LogP contribution in [-0.2, 0) is 16.4 Å². The van der Waals surface area contributed by atoms with Crippen LogP contribution in [0.3, 0.4) is 0 Å². The van der Waals surface area contributed by atoms with Gasteiger partial charge in [-0.25, -0.2) is 8.42 Å². The van der Waals surface area contributed by atoms with Gasteiger partial charge in [0, 0.05) is 24.7 Å². The Balaban J connectivity index is 1.55. The normalized spacial score (nSPS) is 21.2. The molecule has 0 unspecified atom stereocenters. The summed E-state index contributed by atoms with van der Waals surface area (Å²) < 4.78 is 30.9. The van der Waals surface area contributed by atoms with Crippen molar-refractivity contribution in [3.63, 3.8) is 0 Å². The van der Waals surface area contributed by atoms with Gasteiger partial charge in [0.1, 0.15) is 5.75 Å². The molecule has 0 aliphatic carbocycles. The molecule has 3 rings (SSSR count). The zero-order chi connectivity index (χ0) is 17.9. The van der Waals surface area contributed by atoms with Crippen molar-refractivity contribution < 1.29 is 17.9 Å². The van der Waals surface area contributed by atoms with Crippen LogP contribution < -0.4 is 10.1 Å². The summed E-state index contributed by atoms with van der Waals surface area (Å²) in [6.45, 7) is 1.79. The highest BCUT2D eigenvalue weighted by molar-refractivity contribution is 7.88. The van der Waals surface area contributed by atoms with E-state index in [1.165, 1.54) is 6.26 Å². The molecule has 2 aliphatic heterocycles. The quantitative estimate of drug-likeness (QED) is 0.864. The zero-order valence-electron chi connectivity index (χ0n) is 14.7. The second-order valence-corrected chi connectivity index (χ2v) is 8.78. The fourth-order valence-corrected chi connectivity index (χ4v) is 4.87. The minimum Gasteiger partial charge on any atom is -0.493 e. The number of rotatable bonds is 5. The number of piperidine rings is 1. The Labute approximate surface area is 149 Å². The Kier molecular flexibility index (Phi) is 5.64. The Morgan fingerprint density at radius 1 is 1.32 bits per heavy atom. The molecule has 0 radical (unpaired) electrons. The first kappa shape index (κ1) is 18.2. The smallest absolute Gasteiger partial charge is 0.251 e. The van der Waals surface area contributed by atoms with Crippen LogP contribution >= 0.6 is 0 Å². The van der Waals surface area contributed by atoms with Gasteiger partial charge in [0.15, 0.2) is 0 Å². The standard InChI is InChI=1S/C18H26N2O4S/c1-25(22,23)20-11-3-2-6-16(20)9-10-19-18(21)15-7-8-17-14(13-15)5-4-12-24-17/h7-8,13,16H,2-6,9-12H2,1H3,(H,19,21)/t16-/m0/s1. The van der Waals surface area contributed by atoms with Crippen LogP contribution in [0.5, 0.6) is 5.75 Å². The predicted molar refractivity (Wildman–Crippen MR) is 96.4 cm³/mol. The monoisotopic (exact) mass is 366 g/mol.